The van der Waals surface area contributed by atoms with Gasteiger partial charge in [-0.2, -0.15) is 5.26 Å². The van der Waals surface area contributed by atoms with E-state index in [1.165, 1.54) is 0 Å². The molecule has 0 fully saturated rings. The minimum Gasteiger partial charge on any atom is -0.494 e. The standard InChI is InChI=1S/C20H21N3O2/c1-2-3-11-25-19-8-6-16(7-9-19)12-18(13-21)20(24)23-15-17-5-4-10-22-14-17/h4-10,12,14H,2-3,11,15H2,1H3,(H,23,24). The van der Waals surface area contributed by atoms with Crippen molar-refractivity contribution in [2.75, 3.05) is 6.61 Å². The highest BCUT2D eigenvalue weighted by Crippen LogP contribution is 2.15. The second-order valence-electron chi connectivity index (χ2n) is 5.48. The number of hydrogen-bond donors (Lipinski definition) is 1. The van der Waals surface area contributed by atoms with Crippen LogP contribution in [0.3, 0.4) is 0 Å². The Labute approximate surface area is 148 Å². The molecule has 25 heavy (non-hydrogen) atoms. The van der Waals surface area contributed by atoms with Crippen LogP contribution < -0.4 is 10.1 Å². The van der Waals surface area contributed by atoms with Crippen molar-refractivity contribution in [3.05, 3.63) is 65.5 Å². The molecule has 5 heteroatoms. The molecule has 5 nitrogen and oxygen atoms in total. The molecular weight excluding hydrogens is 314 g/mol. The highest BCUT2D eigenvalue weighted by Gasteiger charge is 2.08. The summed E-state index contributed by atoms with van der Waals surface area (Å²) < 4.78 is 5.60. The molecule has 0 saturated carbocycles. The monoisotopic (exact) mass is 335 g/mol. The summed E-state index contributed by atoms with van der Waals surface area (Å²) in [6, 6.07) is 12.9. The summed E-state index contributed by atoms with van der Waals surface area (Å²) >= 11 is 0. The Morgan fingerprint density at radius 2 is 2.12 bits per heavy atom. The number of benzene rings is 1. The van der Waals surface area contributed by atoms with Crippen LogP contribution in [-0.4, -0.2) is 17.5 Å². The number of nitrogens with zero attached hydrogens (tertiary/aromatic N) is 2. The van der Waals surface area contributed by atoms with Crippen LogP contribution in [0.1, 0.15) is 30.9 Å². The molecule has 0 unspecified atom stereocenters. The fraction of sp³-hybridized carbons (Fsp3) is 0.250. The summed E-state index contributed by atoms with van der Waals surface area (Å²) in [5.74, 6) is 0.375. The van der Waals surface area contributed by atoms with E-state index in [0.717, 1.165) is 29.7 Å². The van der Waals surface area contributed by atoms with Crippen LogP contribution in [0.15, 0.2) is 54.4 Å². The molecule has 0 atom stereocenters. The van der Waals surface area contributed by atoms with Crippen LogP contribution >= 0.6 is 0 Å². The van der Waals surface area contributed by atoms with E-state index in [1.54, 1.807) is 24.5 Å². The summed E-state index contributed by atoms with van der Waals surface area (Å²) in [6.07, 6.45) is 7.00. The zero-order chi connectivity index (χ0) is 17.9. The average molecular weight is 335 g/mol. The number of amides is 1. The normalized spacial score (nSPS) is 10.8. The maximum Gasteiger partial charge on any atom is 0.262 e. The second kappa shape index (κ2) is 9.89. The van der Waals surface area contributed by atoms with Gasteiger partial charge in [-0.15, -0.1) is 0 Å². The smallest absolute Gasteiger partial charge is 0.262 e. The Bertz CT molecular complexity index is 747. The van der Waals surface area contributed by atoms with Crippen LogP contribution in [0.4, 0.5) is 0 Å². The topological polar surface area (TPSA) is 75.0 Å². The van der Waals surface area contributed by atoms with Gasteiger partial charge in [-0.05, 0) is 41.8 Å². The number of hydrogen-bond acceptors (Lipinski definition) is 4. The molecule has 0 bridgehead atoms. The summed E-state index contributed by atoms with van der Waals surface area (Å²) in [6.45, 7) is 3.13. The predicted octanol–water partition coefficient (Wildman–Crippen LogP) is 3.48. The zero-order valence-electron chi connectivity index (χ0n) is 14.2. The lowest BCUT2D eigenvalue weighted by atomic mass is 10.1. The van der Waals surface area contributed by atoms with Crippen molar-refractivity contribution in [3.63, 3.8) is 0 Å². The molecule has 0 saturated heterocycles. The molecule has 1 N–H and O–H groups in total. The predicted molar refractivity (Wildman–Crippen MR) is 96.5 cm³/mol. The van der Waals surface area contributed by atoms with Crippen molar-refractivity contribution < 1.29 is 9.53 Å². The second-order valence-corrected chi connectivity index (χ2v) is 5.48. The number of carbonyl (C=O) groups is 1. The Morgan fingerprint density at radius 3 is 2.76 bits per heavy atom. The van der Waals surface area contributed by atoms with E-state index in [9.17, 15) is 10.1 Å². The zero-order valence-corrected chi connectivity index (χ0v) is 14.2. The fourth-order valence-corrected chi connectivity index (χ4v) is 2.09. The fourth-order valence-electron chi connectivity index (χ4n) is 2.09. The van der Waals surface area contributed by atoms with E-state index in [2.05, 4.69) is 17.2 Å². The molecule has 0 aliphatic carbocycles. The minimum absolute atomic E-state index is 0.0588. The molecule has 128 valence electrons. The molecule has 2 rings (SSSR count). The van der Waals surface area contributed by atoms with Crippen molar-refractivity contribution in [1.82, 2.24) is 10.3 Å². The number of rotatable bonds is 8. The number of carbonyl (C=O) groups excluding carboxylic acids is 1. The third-order valence-corrected chi connectivity index (χ3v) is 3.50. The van der Waals surface area contributed by atoms with Gasteiger partial charge in [0, 0.05) is 18.9 Å². The molecule has 1 aromatic carbocycles. The number of aromatic nitrogens is 1. The van der Waals surface area contributed by atoms with Gasteiger partial charge in [-0.25, -0.2) is 0 Å². The molecule has 1 heterocycles. The van der Waals surface area contributed by atoms with E-state index in [1.807, 2.05) is 36.4 Å². The summed E-state index contributed by atoms with van der Waals surface area (Å²) in [5.41, 5.74) is 1.71. The van der Waals surface area contributed by atoms with Gasteiger partial charge in [0.1, 0.15) is 17.4 Å². The van der Waals surface area contributed by atoms with Crippen LogP contribution in [0.2, 0.25) is 0 Å². The summed E-state index contributed by atoms with van der Waals surface area (Å²) in [5, 5.41) is 12.0. The molecule has 1 amide bonds. The summed E-state index contributed by atoms with van der Waals surface area (Å²) in [4.78, 5) is 16.1. The largest absolute Gasteiger partial charge is 0.494 e. The molecule has 1 aromatic heterocycles. The van der Waals surface area contributed by atoms with E-state index in [-0.39, 0.29) is 5.57 Å². The molecule has 0 aliphatic heterocycles. The molecular formula is C20H21N3O2. The lowest BCUT2D eigenvalue weighted by Crippen LogP contribution is -2.23. The third kappa shape index (κ3) is 6.11. The van der Waals surface area contributed by atoms with Gasteiger partial charge >= 0.3 is 0 Å². The van der Waals surface area contributed by atoms with Crippen molar-refractivity contribution >= 4 is 12.0 Å². The van der Waals surface area contributed by atoms with E-state index in [4.69, 9.17) is 4.74 Å². The van der Waals surface area contributed by atoms with Crippen LogP contribution in [-0.2, 0) is 11.3 Å². The number of unbranched alkanes of at least 4 members (excludes halogenated alkanes) is 1. The van der Waals surface area contributed by atoms with Crippen molar-refractivity contribution in [1.29, 1.82) is 5.26 Å². The Kier molecular flexibility index (Phi) is 7.20. The van der Waals surface area contributed by atoms with E-state index >= 15 is 0 Å². The first-order valence-corrected chi connectivity index (χ1v) is 8.24. The van der Waals surface area contributed by atoms with Crippen molar-refractivity contribution in [2.45, 2.75) is 26.3 Å². The van der Waals surface area contributed by atoms with Gasteiger partial charge < -0.3 is 10.1 Å². The highest BCUT2D eigenvalue weighted by atomic mass is 16.5. The third-order valence-electron chi connectivity index (χ3n) is 3.50. The number of nitrogens with one attached hydrogen (secondary N) is 1. The van der Waals surface area contributed by atoms with Gasteiger partial charge in [0.05, 0.1) is 6.61 Å². The maximum absolute atomic E-state index is 12.1. The van der Waals surface area contributed by atoms with E-state index < -0.39 is 5.91 Å². The molecule has 0 radical (unpaired) electrons. The lowest BCUT2D eigenvalue weighted by Gasteiger charge is -2.06. The van der Waals surface area contributed by atoms with Crippen molar-refractivity contribution in [3.8, 4) is 11.8 Å². The van der Waals surface area contributed by atoms with Gasteiger partial charge in [0.2, 0.25) is 0 Å². The number of ether oxygens (including phenoxy) is 1. The first kappa shape index (κ1) is 18.2. The number of nitriles is 1. The molecule has 0 aliphatic rings. The van der Waals surface area contributed by atoms with Gasteiger partial charge in [0.15, 0.2) is 0 Å². The molecule has 2 aromatic rings. The Hall–Kier alpha value is -3.13. The lowest BCUT2D eigenvalue weighted by molar-refractivity contribution is -0.117. The minimum atomic E-state index is -0.408. The van der Waals surface area contributed by atoms with Gasteiger partial charge in [0.25, 0.3) is 5.91 Å². The van der Waals surface area contributed by atoms with E-state index in [0.29, 0.717) is 13.2 Å². The summed E-state index contributed by atoms with van der Waals surface area (Å²) in [7, 11) is 0. The van der Waals surface area contributed by atoms with Crippen molar-refractivity contribution in [2.24, 2.45) is 0 Å². The maximum atomic E-state index is 12.1. The SMILES string of the molecule is CCCCOc1ccc(C=C(C#N)C(=O)NCc2cccnc2)cc1. The van der Waals surface area contributed by atoms with Gasteiger partial charge in [-0.1, -0.05) is 31.5 Å². The Morgan fingerprint density at radius 1 is 1.32 bits per heavy atom. The Balaban J connectivity index is 1.96. The molecule has 0 spiro atoms. The van der Waals surface area contributed by atoms with Crippen LogP contribution in [0.25, 0.3) is 6.08 Å². The average Bonchev–Trinajstić information content (AvgIpc) is 2.66. The van der Waals surface area contributed by atoms with Crippen LogP contribution in [0.5, 0.6) is 5.75 Å². The van der Waals surface area contributed by atoms with Gasteiger partial charge in [-0.3, -0.25) is 9.78 Å². The van der Waals surface area contributed by atoms with Crippen LogP contribution in [0, 0.1) is 11.3 Å². The first-order chi connectivity index (χ1) is 12.2. The highest BCUT2D eigenvalue weighted by molar-refractivity contribution is 6.01. The first-order valence-electron chi connectivity index (χ1n) is 8.24. The quantitative estimate of drug-likeness (QED) is 0.455. The number of pyridine rings is 1.